The molecule has 0 aliphatic heterocycles. The van der Waals surface area contributed by atoms with Crippen LogP contribution in [0, 0.1) is 5.92 Å². The molecule has 2 aliphatic carbocycles. The predicted molar refractivity (Wildman–Crippen MR) is 105 cm³/mol. The molecule has 0 fully saturated rings. The highest BCUT2D eigenvalue weighted by molar-refractivity contribution is 5.41. The van der Waals surface area contributed by atoms with E-state index in [9.17, 15) is 0 Å². The molecule has 0 heteroatoms. The van der Waals surface area contributed by atoms with E-state index in [0.717, 1.165) is 11.8 Å². The first-order valence-electron chi connectivity index (χ1n) is 9.41. The SMILES string of the molecule is CC1CC(C)(C)c2ccccc21.CC1Cc2ccccc2C1(C)C. The Morgan fingerprint density at radius 3 is 2.00 bits per heavy atom. The molecule has 0 aromatic heterocycles. The van der Waals surface area contributed by atoms with Gasteiger partial charge in [-0.3, -0.25) is 0 Å². The first kappa shape index (κ1) is 17.3. The summed E-state index contributed by atoms with van der Waals surface area (Å²) in [6.07, 6.45) is 2.55. The average molecular weight is 321 g/mol. The quantitative estimate of drug-likeness (QED) is 0.511. The molecular weight excluding hydrogens is 288 g/mol. The van der Waals surface area contributed by atoms with Gasteiger partial charge in [0, 0.05) is 0 Å². The van der Waals surface area contributed by atoms with Gasteiger partial charge in [0.15, 0.2) is 0 Å². The maximum atomic E-state index is 2.35. The summed E-state index contributed by atoms with van der Waals surface area (Å²) in [4.78, 5) is 0. The summed E-state index contributed by atoms with van der Waals surface area (Å²) >= 11 is 0. The summed E-state index contributed by atoms with van der Waals surface area (Å²) in [6, 6.07) is 17.7. The minimum absolute atomic E-state index is 0.386. The van der Waals surface area contributed by atoms with Crippen molar-refractivity contribution in [3.63, 3.8) is 0 Å². The highest BCUT2D eigenvalue weighted by Crippen LogP contribution is 2.45. The third-order valence-corrected chi connectivity index (χ3v) is 6.51. The molecule has 4 rings (SSSR count). The molecule has 2 aliphatic rings. The summed E-state index contributed by atoms with van der Waals surface area (Å²) in [5.41, 5.74) is 7.00. The van der Waals surface area contributed by atoms with Gasteiger partial charge in [-0.25, -0.2) is 0 Å². The Morgan fingerprint density at radius 1 is 0.792 bits per heavy atom. The van der Waals surface area contributed by atoms with Gasteiger partial charge in [-0.1, -0.05) is 90.1 Å². The monoisotopic (exact) mass is 320 g/mol. The molecule has 0 saturated heterocycles. The molecule has 2 atom stereocenters. The number of benzene rings is 2. The Bertz CT molecular complexity index is 720. The first-order chi connectivity index (χ1) is 11.2. The van der Waals surface area contributed by atoms with Crippen molar-refractivity contribution in [2.24, 2.45) is 5.92 Å². The fraction of sp³-hybridized carbons (Fsp3) is 0.500. The van der Waals surface area contributed by atoms with E-state index in [2.05, 4.69) is 90.1 Å². The van der Waals surface area contributed by atoms with Crippen molar-refractivity contribution in [3.8, 4) is 0 Å². The van der Waals surface area contributed by atoms with E-state index in [4.69, 9.17) is 0 Å². The van der Waals surface area contributed by atoms with Crippen molar-refractivity contribution >= 4 is 0 Å². The molecule has 128 valence electrons. The van der Waals surface area contributed by atoms with Crippen molar-refractivity contribution in [1.29, 1.82) is 0 Å². The zero-order valence-electron chi connectivity index (χ0n) is 16.2. The number of fused-ring (bicyclic) bond motifs is 2. The first-order valence-corrected chi connectivity index (χ1v) is 9.41. The minimum Gasteiger partial charge on any atom is -0.0620 e. The number of hydrogen-bond donors (Lipinski definition) is 0. The number of rotatable bonds is 0. The standard InChI is InChI=1S/2C12H16/c1-9-8-12(2,3)11-7-5-4-6-10(9)11;1-9-8-10-6-4-5-7-11(10)12(9,2)3/h2*4-7,9H,8H2,1-3H3. The van der Waals surface area contributed by atoms with Crippen LogP contribution in [0.2, 0.25) is 0 Å². The van der Waals surface area contributed by atoms with Crippen molar-refractivity contribution in [2.75, 3.05) is 0 Å². The molecule has 0 nitrogen and oxygen atoms in total. The molecule has 0 heterocycles. The second kappa shape index (κ2) is 6.06. The summed E-state index contributed by atoms with van der Waals surface area (Å²) < 4.78 is 0. The maximum Gasteiger partial charge on any atom is -0.00721 e. The van der Waals surface area contributed by atoms with Crippen molar-refractivity contribution < 1.29 is 0 Å². The third kappa shape index (κ3) is 2.92. The Morgan fingerprint density at radius 2 is 1.38 bits per heavy atom. The van der Waals surface area contributed by atoms with Crippen LogP contribution in [0.4, 0.5) is 0 Å². The van der Waals surface area contributed by atoms with E-state index in [-0.39, 0.29) is 0 Å². The van der Waals surface area contributed by atoms with E-state index >= 15 is 0 Å². The second-order valence-corrected chi connectivity index (χ2v) is 9.06. The molecule has 0 saturated carbocycles. The summed E-state index contributed by atoms with van der Waals surface area (Å²) in [5.74, 6) is 1.53. The zero-order valence-corrected chi connectivity index (χ0v) is 16.2. The molecule has 0 N–H and O–H groups in total. The lowest BCUT2D eigenvalue weighted by Crippen LogP contribution is -2.21. The normalized spacial score (nSPS) is 25.4. The van der Waals surface area contributed by atoms with Crippen LogP contribution >= 0.6 is 0 Å². The Balaban J connectivity index is 0.000000141. The van der Waals surface area contributed by atoms with Crippen LogP contribution in [0.15, 0.2) is 48.5 Å². The smallest absolute Gasteiger partial charge is 0.00721 e. The molecule has 24 heavy (non-hydrogen) atoms. The molecular formula is C24H32. The second-order valence-electron chi connectivity index (χ2n) is 9.06. The van der Waals surface area contributed by atoms with Crippen LogP contribution < -0.4 is 0 Å². The Hall–Kier alpha value is -1.56. The van der Waals surface area contributed by atoms with Crippen LogP contribution in [0.3, 0.4) is 0 Å². The van der Waals surface area contributed by atoms with Gasteiger partial charge in [0.1, 0.15) is 0 Å². The molecule has 2 unspecified atom stereocenters. The van der Waals surface area contributed by atoms with E-state index in [1.165, 1.54) is 12.8 Å². The van der Waals surface area contributed by atoms with Crippen molar-refractivity contribution in [1.82, 2.24) is 0 Å². The predicted octanol–water partition coefficient (Wildman–Crippen LogP) is 6.63. The third-order valence-electron chi connectivity index (χ3n) is 6.51. The van der Waals surface area contributed by atoms with Crippen molar-refractivity contribution in [2.45, 2.75) is 71.1 Å². The molecule has 0 radical (unpaired) electrons. The van der Waals surface area contributed by atoms with Gasteiger partial charge >= 0.3 is 0 Å². The van der Waals surface area contributed by atoms with Gasteiger partial charge < -0.3 is 0 Å². The van der Waals surface area contributed by atoms with Crippen LogP contribution in [0.1, 0.15) is 76.1 Å². The lowest BCUT2D eigenvalue weighted by Gasteiger charge is -2.24. The fourth-order valence-corrected chi connectivity index (χ4v) is 4.71. The van der Waals surface area contributed by atoms with Gasteiger partial charge in [0.05, 0.1) is 0 Å². The van der Waals surface area contributed by atoms with Gasteiger partial charge in [0.25, 0.3) is 0 Å². The summed E-state index contributed by atoms with van der Waals surface area (Å²) in [7, 11) is 0. The highest BCUT2D eigenvalue weighted by atomic mass is 14.4. The largest absolute Gasteiger partial charge is 0.0620 e. The van der Waals surface area contributed by atoms with Gasteiger partial charge in [-0.2, -0.15) is 0 Å². The number of hydrogen-bond acceptors (Lipinski definition) is 0. The van der Waals surface area contributed by atoms with E-state index in [1.54, 1.807) is 22.3 Å². The Labute approximate surface area is 148 Å². The van der Waals surface area contributed by atoms with Gasteiger partial charge in [-0.05, 0) is 57.8 Å². The van der Waals surface area contributed by atoms with Gasteiger partial charge in [0.2, 0.25) is 0 Å². The minimum atomic E-state index is 0.386. The average Bonchev–Trinajstić information content (AvgIpc) is 2.91. The fourth-order valence-electron chi connectivity index (χ4n) is 4.71. The summed E-state index contributed by atoms with van der Waals surface area (Å²) in [5, 5.41) is 0. The topological polar surface area (TPSA) is 0 Å². The molecule has 2 aromatic carbocycles. The van der Waals surface area contributed by atoms with E-state index in [1.807, 2.05) is 0 Å². The Kier molecular flexibility index (Phi) is 4.36. The van der Waals surface area contributed by atoms with E-state index in [0.29, 0.717) is 10.8 Å². The molecule has 0 spiro atoms. The van der Waals surface area contributed by atoms with Crippen LogP contribution in [0.25, 0.3) is 0 Å². The lowest BCUT2D eigenvalue weighted by atomic mass is 9.80. The van der Waals surface area contributed by atoms with Crippen LogP contribution in [-0.4, -0.2) is 0 Å². The molecule has 0 bridgehead atoms. The summed E-state index contributed by atoms with van der Waals surface area (Å²) in [6.45, 7) is 14.1. The van der Waals surface area contributed by atoms with Crippen LogP contribution in [0.5, 0.6) is 0 Å². The maximum absolute atomic E-state index is 2.35. The van der Waals surface area contributed by atoms with E-state index < -0.39 is 0 Å². The van der Waals surface area contributed by atoms with Gasteiger partial charge in [-0.15, -0.1) is 0 Å². The molecule has 0 amide bonds. The lowest BCUT2D eigenvalue weighted by molar-refractivity contribution is 0.379. The zero-order chi connectivity index (χ0) is 17.5. The molecule has 2 aromatic rings. The van der Waals surface area contributed by atoms with Crippen LogP contribution in [-0.2, 0) is 17.3 Å². The highest BCUT2D eigenvalue weighted by Gasteiger charge is 2.35. The van der Waals surface area contributed by atoms with Crippen molar-refractivity contribution in [3.05, 3.63) is 70.8 Å².